The predicted molar refractivity (Wildman–Crippen MR) is 121 cm³/mol. The number of aromatic amines is 2. The highest BCUT2D eigenvalue weighted by molar-refractivity contribution is 5.78. The van der Waals surface area contributed by atoms with Crippen molar-refractivity contribution in [3.05, 3.63) is 89.8 Å². The number of benzene rings is 2. The van der Waals surface area contributed by atoms with E-state index in [0.717, 1.165) is 53.8 Å². The summed E-state index contributed by atoms with van der Waals surface area (Å²) in [5.74, 6) is 0.985. The Morgan fingerprint density at radius 3 is 2.84 bits per heavy atom. The van der Waals surface area contributed by atoms with Crippen molar-refractivity contribution in [2.24, 2.45) is 0 Å². The summed E-state index contributed by atoms with van der Waals surface area (Å²) < 4.78 is 0. The number of hydrogen-bond donors (Lipinski definition) is 2. The smallest absolute Gasteiger partial charge is 0.121 e. The molecule has 6 nitrogen and oxygen atoms in total. The summed E-state index contributed by atoms with van der Waals surface area (Å²) in [6.45, 7) is 1.52. The first-order valence-corrected chi connectivity index (χ1v) is 10.9. The second-order valence-corrected chi connectivity index (χ2v) is 8.28. The fraction of sp³-hybridized carbons (Fsp3) is 0.240. The van der Waals surface area contributed by atoms with Crippen LogP contribution in [-0.4, -0.2) is 29.8 Å². The van der Waals surface area contributed by atoms with Crippen LogP contribution in [0.15, 0.2) is 67.1 Å². The van der Waals surface area contributed by atoms with Gasteiger partial charge < -0.3 is 9.97 Å². The molecular formula is C25H24N6. The molecule has 154 valence electrons. The Kier molecular flexibility index (Phi) is 4.50. The standard InChI is InChI=1S/C25H24N6/c1-2-10-20-19(9-1)29-23(30-20)15-31(14-18-7-3-11-21-24(18)28-16-27-21)22-12-4-6-17-8-5-13-26-25(17)22/h1-3,5,7-11,13,16,22H,4,6,12,14-15H2,(H,27,28)(H,29,30). The van der Waals surface area contributed by atoms with Crippen molar-refractivity contribution in [2.75, 3.05) is 0 Å². The van der Waals surface area contributed by atoms with Gasteiger partial charge >= 0.3 is 0 Å². The highest BCUT2D eigenvalue weighted by atomic mass is 15.2. The topological polar surface area (TPSA) is 73.5 Å². The van der Waals surface area contributed by atoms with E-state index >= 15 is 0 Å². The average molecular weight is 409 g/mol. The summed E-state index contributed by atoms with van der Waals surface area (Å²) >= 11 is 0. The van der Waals surface area contributed by atoms with Gasteiger partial charge in [-0.15, -0.1) is 0 Å². The van der Waals surface area contributed by atoms with Gasteiger partial charge in [-0.3, -0.25) is 9.88 Å². The van der Waals surface area contributed by atoms with Crippen LogP contribution in [0, 0.1) is 0 Å². The van der Waals surface area contributed by atoms with Crippen molar-refractivity contribution < 1.29 is 0 Å². The third-order valence-corrected chi connectivity index (χ3v) is 6.30. The fourth-order valence-corrected chi connectivity index (χ4v) is 4.86. The van der Waals surface area contributed by atoms with Gasteiger partial charge in [0.25, 0.3) is 0 Å². The van der Waals surface area contributed by atoms with Crippen molar-refractivity contribution >= 4 is 22.1 Å². The fourth-order valence-electron chi connectivity index (χ4n) is 4.86. The molecule has 1 aliphatic carbocycles. The van der Waals surface area contributed by atoms with E-state index in [9.17, 15) is 0 Å². The molecule has 5 aromatic rings. The van der Waals surface area contributed by atoms with E-state index in [-0.39, 0.29) is 6.04 Å². The molecule has 31 heavy (non-hydrogen) atoms. The van der Waals surface area contributed by atoms with Crippen LogP contribution in [0.3, 0.4) is 0 Å². The molecule has 1 atom stereocenters. The molecule has 3 aromatic heterocycles. The lowest BCUT2D eigenvalue weighted by Gasteiger charge is -2.34. The molecule has 0 spiro atoms. The van der Waals surface area contributed by atoms with E-state index in [1.54, 1.807) is 6.33 Å². The summed E-state index contributed by atoms with van der Waals surface area (Å²) in [5.41, 5.74) is 7.99. The minimum Gasteiger partial charge on any atom is -0.345 e. The Hall–Kier alpha value is -3.51. The minimum absolute atomic E-state index is 0.257. The Labute approximate surface area is 180 Å². The van der Waals surface area contributed by atoms with Crippen molar-refractivity contribution in [1.29, 1.82) is 0 Å². The van der Waals surface area contributed by atoms with Gasteiger partial charge in [0.05, 0.1) is 46.7 Å². The van der Waals surface area contributed by atoms with E-state index in [0.29, 0.717) is 0 Å². The van der Waals surface area contributed by atoms with Gasteiger partial charge in [0.15, 0.2) is 0 Å². The van der Waals surface area contributed by atoms with E-state index in [2.05, 4.69) is 62.3 Å². The van der Waals surface area contributed by atoms with Crippen LogP contribution in [-0.2, 0) is 19.5 Å². The summed E-state index contributed by atoms with van der Waals surface area (Å²) in [6, 6.07) is 19.1. The number of aryl methyl sites for hydroxylation is 1. The van der Waals surface area contributed by atoms with Gasteiger partial charge in [-0.1, -0.05) is 30.3 Å². The van der Waals surface area contributed by atoms with Gasteiger partial charge in [0.1, 0.15) is 5.82 Å². The summed E-state index contributed by atoms with van der Waals surface area (Å²) in [4.78, 5) is 23.5. The van der Waals surface area contributed by atoms with Crippen LogP contribution < -0.4 is 0 Å². The second-order valence-electron chi connectivity index (χ2n) is 8.28. The maximum Gasteiger partial charge on any atom is 0.121 e. The molecule has 0 aliphatic heterocycles. The first-order chi connectivity index (χ1) is 15.3. The SMILES string of the molecule is c1cnc2c(c1)CCCC2N(Cc1nc2ccccc2[nH]1)Cc1cccc2[nH]cnc12. The van der Waals surface area contributed by atoms with Crippen LogP contribution in [0.1, 0.15) is 41.5 Å². The van der Waals surface area contributed by atoms with Crippen LogP contribution in [0.4, 0.5) is 0 Å². The molecule has 0 bridgehead atoms. The number of hydrogen-bond acceptors (Lipinski definition) is 4. The molecule has 6 heteroatoms. The molecule has 3 heterocycles. The quantitative estimate of drug-likeness (QED) is 0.433. The Bertz CT molecular complexity index is 1320. The molecule has 0 amide bonds. The third-order valence-electron chi connectivity index (χ3n) is 6.30. The lowest BCUT2D eigenvalue weighted by Crippen LogP contribution is -2.32. The maximum atomic E-state index is 4.86. The molecule has 0 saturated carbocycles. The van der Waals surface area contributed by atoms with Crippen LogP contribution >= 0.6 is 0 Å². The molecule has 6 rings (SSSR count). The number of imidazole rings is 2. The summed E-state index contributed by atoms with van der Waals surface area (Å²) in [7, 11) is 0. The zero-order chi connectivity index (χ0) is 20.6. The van der Waals surface area contributed by atoms with E-state index in [4.69, 9.17) is 9.97 Å². The van der Waals surface area contributed by atoms with Crippen LogP contribution in [0.5, 0.6) is 0 Å². The third kappa shape index (κ3) is 3.39. The monoisotopic (exact) mass is 408 g/mol. The Balaban J connectivity index is 1.40. The molecule has 2 N–H and O–H groups in total. The molecule has 0 saturated heterocycles. The number of nitrogens with zero attached hydrogens (tertiary/aromatic N) is 4. The first-order valence-electron chi connectivity index (χ1n) is 10.9. The second kappa shape index (κ2) is 7.63. The first kappa shape index (κ1) is 18.3. The lowest BCUT2D eigenvalue weighted by molar-refractivity contribution is 0.154. The number of pyridine rings is 1. The number of aromatic nitrogens is 5. The van der Waals surface area contributed by atoms with Crippen molar-refractivity contribution in [3.8, 4) is 0 Å². The largest absolute Gasteiger partial charge is 0.345 e. The number of nitrogens with one attached hydrogen (secondary N) is 2. The number of H-pyrrole nitrogens is 2. The maximum absolute atomic E-state index is 4.86. The Morgan fingerprint density at radius 2 is 1.87 bits per heavy atom. The molecule has 0 fully saturated rings. The predicted octanol–water partition coefficient (Wildman–Crippen LogP) is 4.91. The zero-order valence-electron chi connectivity index (χ0n) is 17.3. The Morgan fingerprint density at radius 1 is 0.935 bits per heavy atom. The molecular weight excluding hydrogens is 384 g/mol. The molecule has 2 aromatic carbocycles. The van der Waals surface area contributed by atoms with Crippen molar-refractivity contribution in [1.82, 2.24) is 29.8 Å². The molecule has 1 aliphatic rings. The van der Waals surface area contributed by atoms with Gasteiger partial charge in [0.2, 0.25) is 0 Å². The average Bonchev–Trinajstić information content (AvgIpc) is 3.45. The minimum atomic E-state index is 0.257. The molecule has 1 unspecified atom stereocenters. The summed E-state index contributed by atoms with van der Waals surface area (Å²) in [6.07, 6.45) is 7.07. The number of fused-ring (bicyclic) bond motifs is 3. The summed E-state index contributed by atoms with van der Waals surface area (Å²) in [5, 5.41) is 0. The van der Waals surface area contributed by atoms with Gasteiger partial charge in [-0.25, -0.2) is 9.97 Å². The zero-order valence-corrected chi connectivity index (χ0v) is 17.3. The van der Waals surface area contributed by atoms with Gasteiger partial charge in [-0.05, 0) is 54.7 Å². The highest BCUT2D eigenvalue weighted by Crippen LogP contribution is 2.35. The van der Waals surface area contributed by atoms with Crippen LogP contribution in [0.25, 0.3) is 22.1 Å². The number of rotatable bonds is 5. The highest BCUT2D eigenvalue weighted by Gasteiger charge is 2.28. The normalized spacial score (nSPS) is 16.2. The van der Waals surface area contributed by atoms with Crippen molar-refractivity contribution in [3.63, 3.8) is 0 Å². The van der Waals surface area contributed by atoms with E-state index < -0.39 is 0 Å². The number of para-hydroxylation sites is 3. The van der Waals surface area contributed by atoms with Gasteiger partial charge in [0, 0.05) is 12.7 Å². The van der Waals surface area contributed by atoms with E-state index in [1.165, 1.54) is 23.2 Å². The lowest BCUT2D eigenvalue weighted by atomic mass is 9.90. The van der Waals surface area contributed by atoms with E-state index in [1.807, 2.05) is 18.3 Å². The van der Waals surface area contributed by atoms with Crippen LogP contribution in [0.2, 0.25) is 0 Å². The van der Waals surface area contributed by atoms with Crippen molar-refractivity contribution in [2.45, 2.75) is 38.4 Å². The molecule has 0 radical (unpaired) electrons. The van der Waals surface area contributed by atoms with Gasteiger partial charge in [-0.2, -0.15) is 0 Å².